The van der Waals surface area contributed by atoms with E-state index < -0.39 is 6.04 Å². The average Bonchev–Trinajstić information content (AvgIpc) is 3.36. The van der Waals surface area contributed by atoms with Crippen molar-refractivity contribution < 1.29 is 13.9 Å². The van der Waals surface area contributed by atoms with Crippen molar-refractivity contribution >= 4 is 16.6 Å². The summed E-state index contributed by atoms with van der Waals surface area (Å²) in [5, 5.41) is 13.2. The van der Waals surface area contributed by atoms with E-state index in [4.69, 9.17) is 9.47 Å². The molecule has 10 nitrogen and oxygen atoms in total. The molecular formula is C25H28FN7O3. The maximum atomic E-state index is 14.4. The van der Waals surface area contributed by atoms with Crippen molar-refractivity contribution in [2.24, 2.45) is 0 Å². The molecular weight excluding hydrogens is 465 g/mol. The van der Waals surface area contributed by atoms with Gasteiger partial charge >= 0.3 is 0 Å². The molecule has 0 radical (unpaired) electrons. The monoisotopic (exact) mass is 493 g/mol. The van der Waals surface area contributed by atoms with Crippen LogP contribution in [0.5, 0.6) is 5.75 Å². The third kappa shape index (κ3) is 4.67. The number of rotatable bonds is 8. The first-order valence-corrected chi connectivity index (χ1v) is 11.8. The van der Waals surface area contributed by atoms with Crippen LogP contribution in [0.25, 0.3) is 10.9 Å². The number of methoxy groups -OCH3 is 2. The van der Waals surface area contributed by atoms with Crippen LogP contribution in [0.2, 0.25) is 0 Å². The third-order valence-electron chi connectivity index (χ3n) is 6.56. The number of hydrogen-bond donors (Lipinski definition) is 1. The van der Waals surface area contributed by atoms with Crippen LogP contribution in [0.3, 0.4) is 0 Å². The highest BCUT2D eigenvalue weighted by molar-refractivity contribution is 5.80. The minimum atomic E-state index is -0.491. The molecule has 3 heterocycles. The summed E-state index contributed by atoms with van der Waals surface area (Å²) in [5.41, 5.74) is 1.58. The predicted octanol–water partition coefficient (Wildman–Crippen LogP) is 2.22. The van der Waals surface area contributed by atoms with E-state index in [9.17, 15) is 9.18 Å². The number of nitrogens with one attached hydrogen (secondary N) is 1. The van der Waals surface area contributed by atoms with Crippen molar-refractivity contribution in [3.05, 3.63) is 76.1 Å². The Hall–Kier alpha value is -3.83. The standard InChI is InChI=1S/C25H28FN7O3/c1-35-14-13-33-24(28-29-30-33)23(19-15-17-7-8-18(36-2)16-21(17)27-25(19)34)32-11-9-31(10-12-32)22-6-4-3-5-20(22)26/h3-8,15-16,23H,9-14H2,1-2H3,(H,27,34)/t23-/m1/s1. The Morgan fingerprint density at radius 2 is 1.89 bits per heavy atom. The van der Waals surface area contributed by atoms with E-state index in [0.717, 1.165) is 5.39 Å². The van der Waals surface area contributed by atoms with Gasteiger partial charge in [0.25, 0.3) is 5.56 Å². The second-order valence-corrected chi connectivity index (χ2v) is 8.64. The van der Waals surface area contributed by atoms with Crippen LogP contribution in [-0.2, 0) is 11.3 Å². The minimum absolute atomic E-state index is 0.224. The van der Waals surface area contributed by atoms with Crippen LogP contribution in [0.1, 0.15) is 17.4 Å². The highest BCUT2D eigenvalue weighted by Gasteiger charge is 2.33. The Labute approximate surface area is 207 Å². The summed E-state index contributed by atoms with van der Waals surface area (Å²) in [4.78, 5) is 20.6. The Bertz CT molecular complexity index is 1400. The van der Waals surface area contributed by atoms with Gasteiger partial charge in [-0.3, -0.25) is 9.69 Å². The topological polar surface area (TPSA) is 101 Å². The smallest absolute Gasteiger partial charge is 0.253 e. The highest BCUT2D eigenvalue weighted by atomic mass is 19.1. The van der Waals surface area contributed by atoms with Crippen molar-refractivity contribution in [2.75, 3.05) is 51.9 Å². The summed E-state index contributed by atoms with van der Waals surface area (Å²) in [5.74, 6) is 0.979. The molecule has 0 spiro atoms. The van der Waals surface area contributed by atoms with Gasteiger partial charge in [0.05, 0.1) is 31.5 Å². The number of anilines is 1. The minimum Gasteiger partial charge on any atom is -0.497 e. The first kappa shape index (κ1) is 23.9. The maximum Gasteiger partial charge on any atom is 0.253 e. The Morgan fingerprint density at radius 3 is 2.64 bits per heavy atom. The molecule has 1 aliphatic heterocycles. The largest absolute Gasteiger partial charge is 0.497 e. The molecule has 0 unspecified atom stereocenters. The third-order valence-corrected chi connectivity index (χ3v) is 6.56. The molecule has 4 aromatic rings. The summed E-state index contributed by atoms with van der Waals surface area (Å²) < 4.78 is 26.6. The number of tetrazole rings is 1. The first-order chi connectivity index (χ1) is 17.6. The maximum absolute atomic E-state index is 14.4. The Kier molecular flexibility index (Phi) is 6.92. The quantitative estimate of drug-likeness (QED) is 0.399. The molecule has 36 heavy (non-hydrogen) atoms. The van der Waals surface area contributed by atoms with Crippen molar-refractivity contribution in [2.45, 2.75) is 12.6 Å². The number of H-pyrrole nitrogens is 1. The van der Waals surface area contributed by atoms with Gasteiger partial charge in [-0.25, -0.2) is 9.07 Å². The molecule has 0 amide bonds. The highest BCUT2D eigenvalue weighted by Crippen LogP contribution is 2.30. The van der Waals surface area contributed by atoms with E-state index in [-0.39, 0.29) is 11.4 Å². The van der Waals surface area contributed by atoms with Gasteiger partial charge < -0.3 is 19.4 Å². The zero-order valence-electron chi connectivity index (χ0n) is 20.2. The molecule has 2 aromatic carbocycles. The molecule has 188 valence electrons. The molecule has 2 aromatic heterocycles. The number of para-hydroxylation sites is 1. The van der Waals surface area contributed by atoms with Gasteiger partial charge in [0, 0.05) is 44.9 Å². The summed E-state index contributed by atoms with van der Waals surface area (Å²) in [6.07, 6.45) is 0. The van der Waals surface area contributed by atoms with Crippen molar-refractivity contribution in [3.8, 4) is 5.75 Å². The zero-order chi connectivity index (χ0) is 25.1. The van der Waals surface area contributed by atoms with E-state index in [1.165, 1.54) is 6.07 Å². The van der Waals surface area contributed by atoms with Gasteiger partial charge in [-0.15, -0.1) is 5.10 Å². The van der Waals surface area contributed by atoms with E-state index >= 15 is 0 Å². The molecule has 0 bridgehead atoms. The number of nitrogens with zero attached hydrogens (tertiary/aromatic N) is 6. The van der Waals surface area contributed by atoms with E-state index in [2.05, 4.69) is 25.4 Å². The van der Waals surface area contributed by atoms with Crippen molar-refractivity contribution in [3.63, 3.8) is 0 Å². The van der Waals surface area contributed by atoms with Crippen LogP contribution in [-0.4, -0.2) is 77.1 Å². The number of piperazine rings is 1. The molecule has 1 aliphatic rings. The predicted molar refractivity (Wildman–Crippen MR) is 133 cm³/mol. The lowest BCUT2D eigenvalue weighted by Gasteiger charge is -2.39. The van der Waals surface area contributed by atoms with Gasteiger partial charge in [0.2, 0.25) is 0 Å². The van der Waals surface area contributed by atoms with Crippen LogP contribution >= 0.6 is 0 Å². The Morgan fingerprint density at radius 1 is 1.08 bits per heavy atom. The van der Waals surface area contributed by atoms with Gasteiger partial charge in [-0.1, -0.05) is 12.1 Å². The van der Waals surface area contributed by atoms with Crippen molar-refractivity contribution in [1.82, 2.24) is 30.1 Å². The second kappa shape index (κ2) is 10.4. The molecule has 1 saturated heterocycles. The molecule has 0 aliphatic carbocycles. The average molecular weight is 494 g/mol. The van der Waals surface area contributed by atoms with E-state index in [0.29, 0.717) is 67.7 Å². The number of fused-ring (bicyclic) bond motifs is 1. The van der Waals surface area contributed by atoms with E-state index in [1.807, 2.05) is 29.2 Å². The SMILES string of the molecule is COCCn1nnnc1[C@@H](c1cc2ccc(OC)cc2[nH]c1=O)N1CCN(c2ccccc2F)CC1. The molecule has 5 rings (SSSR count). The van der Waals surface area contributed by atoms with Crippen LogP contribution in [0, 0.1) is 5.82 Å². The van der Waals surface area contributed by atoms with Crippen molar-refractivity contribution in [1.29, 1.82) is 0 Å². The fourth-order valence-corrected chi connectivity index (χ4v) is 4.70. The first-order valence-electron chi connectivity index (χ1n) is 11.8. The normalized spacial score (nSPS) is 15.4. The number of aromatic amines is 1. The molecule has 1 fully saturated rings. The molecule has 1 N–H and O–H groups in total. The number of ether oxygens (including phenoxy) is 2. The van der Waals surface area contributed by atoms with Gasteiger partial charge in [-0.05, 0) is 46.1 Å². The van der Waals surface area contributed by atoms with Crippen LogP contribution in [0.15, 0.2) is 53.3 Å². The van der Waals surface area contributed by atoms with Gasteiger partial charge in [0.1, 0.15) is 17.6 Å². The fraction of sp³-hybridized carbons (Fsp3) is 0.360. The summed E-state index contributed by atoms with van der Waals surface area (Å²) in [7, 11) is 3.20. The van der Waals surface area contributed by atoms with Crippen LogP contribution in [0.4, 0.5) is 10.1 Å². The number of halogens is 1. The lowest BCUT2D eigenvalue weighted by atomic mass is 10.0. The summed E-state index contributed by atoms with van der Waals surface area (Å²) in [6, 6.07) is 13.7. The molecule has 1 atom stereocenters. The fourth-order valence-electron chi connectivity index (χ4n) is 4.70. The number of benzene rings is 2. The summed E-state index contributed by atoms with van der Waals surface area (Å²) >= 11 is 0. The Balaban J connectivity index is 1.52. The van der Waals surface area contributed by atoms with Crippen LogP contribution < -0.4 is 15.2 Å². The van der Waals surface area contributed by atoms with E-state index in [1.54, 1.807) is 37.1 Å². The zero-order valence-corrected chi connectivity index (χ0v) is 20.2. The lowest BCUT2D eigenvalue weighted by Crippen LogP contribution is -2.49. The second-order valence-electron chi connectivity index (χ2n) is 8.64. The number of aromatic nitrogens is 5. The molecule has 0 saturated carbocycles. The van der Waals surface area contributed by atoms with Gasteiger partial charge in [0.15, 0.2) is 5.82 Å². The number of hydrogen-bond acceptors (Lipinski definition) is 8. The van der Waals surface area contributed by atoms with Gasteiger partial charge in [-0.2, -0.15) is 0 Å². The summed E-state index contributed by atoms with van der Waals surface area (Å²) in [6.45, 7) is 3.26. The molecule has 11 heteroatoms. The lowest BCUT2D eigenvalue weighted by molar-refractivity contribution is 0.171. The number of pyridine rings is 1.